The Hall–Kier alpha value is -2.12. The maximum Gasteiger partial charge on any atom is 0.0991 e. The van der Waals surface area contributed by atoms with Crippen molar-refractivity contribution in [2.75, 3.05) is 13.7 Å². The Morgan fingerprint density at radius 2 is 2.38 bits per heavy atom. The Balaban J connectivity index is 3.11. The molecule has 0 N–H and O–H groups in total. The average Bonchev–Trinajstić information content (AvgIpc) is 2.28. The average molecular weight is 216 g/mol. The van der Waals surface area contributed by atoms with Crippen molar-refractivity contribution in [1.82, 2.24) is 0 Å². The molecule has 0 aliphatic heterocycles. The van der Waals surface area contributed by atoms with E-state index in [1.807, 2.05) is 6.07 Å². The SMILES string of the molecule is COC/C(=C/C(=O)[O-])c1cccc(C#N)c1. The Bertz CT molecular complexity index is 458. The van der Waals surface area contributed by atoms with Crippen LogP contribution >= 0.6 is 0 Å². The molecule has 4 heteroatoms. The Kier molecular flexibility index (Phi) is 4.25. The van der Waals surface area contributed by atoms with Crippen molar-refractivity contribution >= 4 is 11.5 Å². The van der Waals surface area contributed by atoms with E-state index in [-0.39, 0.29) is 6.61 Å². The first-order valence-electron chi connectivity index (χ1n) is 4.58. The van der Waals surface area contributed by atoms with E-state index >= 15 is 0 Å². The lowest BCUT2D eigenvalue weighted by Gasteiger charge is -2.07. The minimum Gasteiger partial charge on any atom is -0.545 e. The molecule has 0 saturated heterocycles. The number of rotatable bonds is 4. The monoisotopic (exact) mass is 216 g/mol. The van der Waals surface area contributed by atoms with Gasteiger partial charge < -0.3 is 14.6 Å². The number of benzene rings is 1. The molecule has 82 valence electrons. The second-order valence-corrected chi connectivity index (χ2v) is 3.11. The summed E-state index contributed by atoms with van der Waals surface area (Å²) in [6.45, 7) is 0.156. The fourth-order valence-corrected chi connectivity index (χ4v) is 1.29. The van der Waals surface area contributed by atoms with Crippen LogP contribution in [-0.4, -0.2) is 19.7 Å². The van der Waals surface area contributed by atoms with Gasteiger partial charge in [-0.15, -0.1) is 0 Å². The summed E-state index contributed by atoms with van der Waals surface area (Å²) in [6, 6.07) is 8.64. The Morgan fingerprint density at radius 1 is 1.62 bits per heavy atom. The van der Waals surface area contributed by atoms with Crippen LogP contribution in [0.3, 0.4) is 0 Å². The van der Waals surface area contributed by atoms with Crippen molar-refractivity contribution in [3.05, 3.63) is 41.5 Å². The number of carboxylic acids is 1. The van der Waals surface area contributed by atoms with E-state index in [9.17, 15) is 9.90 Å². The summed E-state index contributed by atoms with van der Waals surface area (Å²) < 4.78 is 4.89. The molecule has 1 rings (SSSR count). The minimum absolute atomic E-state index is 0.156. The largest absolute Gasteiger partial charge is 0.545 e. The van der Waals surface area contributed by atoms with Crippen LogP contribution in [0.25, 0.3) is 5.57 Å². The number of hydrogen-bond acceptors (Lipinski definition) is 4. The molecule has 0 heterocycles. The number of carbonyl (C=O) groups excluding carboxylic acids is 1. The predicted molar refractivity (Wildman–Crippen MR) is 56.0 cm³/mol. The highest BCUT2D eigenvalue weighted by atomic mass is 16.5. The molecule has 1 aromatic carbocycles. The molecular formula is C12H10NO3-. The van der Waals surface area contributed by atoms with Crippen LogP contribution in [0.5, 0.6) is 0 Å². The van der Waals surface area contributed by atoms with Crippen molar-refractivity contribution in [2.24, 2.45) is 0 Å². The van der Waals surface area contributed by atoms with Crippen LogP contribution < -0.4 is 5.11 Å². The van der Waals surface area contributed by atoms with Gasteiger partial charge in [-0.05, 0) is 29.3 Å². The third kappa shape index (κ3) is 3.23. The number of ether oxygens (including phenoxy) is 1. The summed E-state index contributed by atoms with van der Waals surface area (Å²) in [5.41, 5.74) is 1.59. The summed E-state index contributed by atoms with van der Waals surface area (Å²) in [7, 11) is 1.47. The predicted octanol–water partition coefficient (Wildman–Crippen LogP) is 0.338. The number of carbonyl (C=O) groups is 1. The summed E-state index contributed by atoms with van der Waals surface area (Å²) in [5, 5.41) is 19.2. The molecule has 0 spiro atoms. The van der Waals surface area contributed by atoms with Crippen molar-refractivity contribution in [3.8, 4) is 6.07 Å². The van der Waals surface area contributed by atoms with Gasteiger partial charge >= 0.3 is 0 Å². The lowest BCUT2D eigenvalue weighted by molar-refractivity contribution is -0.297. The van der Waals surface area contributed by atoms with Gasteiger partial charge in [0.05, 0.1) is 24.2 Å². The third-order valence-electron chi connectivity index (χ3n) is 1.95. The first-order chi connectivity index (χ1) is 7.67. The Labute approximate surface area is 93.4 Å². The van der Waals surface area contributed by atoms with Gasteiger partial charge in [-0.1, -0.05) is 12.1 Å². The second kappa shape index (κ2) is 5.69. The summed E-state index contributed by atoms with van der Waals surface area (Å²) in [6.07, 6.45) is 0.972. The minimum atomic E-state index is -1.28. The molecular weight excluding hydrogens is 206 g/mol. The van der Waals surface area contributed by atoms with E-state index in [0.29, 0.717) is 16.7 Å². The number of carboxylic acid groups (broad SMARTS) is 1. The maximum atomic E-state index is 10.5. The van der Waals surface area contributed by atoms with Gasteiger partial charge in [-0.2, -0.15) is 5.26 Å². The fraction of sp³-hybridized carbons (Fsp3) is 0.167. The lowest BCUT2D eigenvalue weighted by Crippen LogP contribution is -2.20. The maximum absolute atomic E-state index is 10.5. The van der Waals surface area contributed by atoms with Crippen LogP contribution in [-0.2, 0) is 9.53 Å². The van der Waals surface area contributed by atoms with Crippen molar-refractivity contribution in [2.45, 2.75) is 0 Å². The summed E-state index contributed by atoms with van der Waals surface area (Å²) in [4.78, 5) is 10.5. The normalized spacial score (nSPS) is 10.9. The van der Waals surface area contributed by atoms with Gasteiger partial charge in [0.2, 0.25) is 0 Å². The molecule has 0 amide bonds. The Morgan fingerprint density at radius 3 is 2.94 bits per heavy atom. The lowest BCUT2D eigenvalue weighted by atomic mass is 10.0. The van der Waals surface area contributed by atoms with E-state index in [0.717, 1.165) is 6.08 Å². The number of methoxy groups -OCH3 is 1. The first-order valence-corrected chi connectivity index (χ1v) is 4.58. The zero-order valence-corrected chi connectivity index (χ0v) is 8.77. The highest BCUT2D eigenvalue weighted by molar-refractivity contribution is 5.89. The van der Waals surface area contributed by atoms with Crippen molar-refractivity contribution in [3.63, 3.8) is 0 Å². The van der Waals surface area contributed by atoms with E-state index in [1.54, 1.807) is 24.3 Å². The number of hydrogen-bond donors (Lipinski definition) is 0. The van der Waals surface area contributed by atoms with Crippen molar-refractivity contribution < 1.29 is 14.6 Å². The summed E-state index contributed by atoms with van der Waals surface area (Å²) in [5.74, 6) is -1.28. The van der Waals surface area contributed by atoms with E-state index in [1.165, 1.54) is 7.11 Å². The molecule has 1 aromatic rings. The van der Waals surface area contributed by atoms with Gasteiger partial charge in [0.15, 0.2) is 0 Å². The molecule has 0 bridgehead atoms. The first kappa shape index (κ1) is 12.0. The molecule has 0 aliphatic rings. The molecule has 0 fully saturated rings. The molecule has 0 saturated carbocycles. The van der Waals surface area contributed by atoms with Crippen LogP contribution in [0, 0.1) is 11.3 Å². The number of aliphatic carboxylic acids is 1. The fourth-order valence-electron chi connectivity index (χ4n) is 1.29. The molecule has 16 heavy (non-hydrogen) atoms. The molecule has 0 atom stereocenters. The summed E-state index contributed by atoms with van der Waals surface area (Å²) >= 11 is 0. The molecule has 0 aliphatic carbocycles. The smallest absolute Gasteiger partial charge is 0.0991 e. The van der Waals surface area contributed by atoms with Crippen LogP contribution in [0.2, 0.25) is 0 Å². The molecule has 0 radical (unpaired) electrons. The molecule has 4 nitrogen and oxygen atoms in total. The highest BCUT2D eigenvalue weighted by Gasteiger charge is 2.02. The topological polar surface area (TPSA) is 73.2 Å². The van der Waals surface area contributed by atoms with Crippen LogP contribution in [0.15, 0.2) is 30.3 Å². The van der Waals surface area contributed by atoms with E-state index in [4.69, 9.17) is 10.00 Å². The van der Waals surface area contributed by atoms with E-state index < -0.39 is 5.97 Å². The molecule has 0 aromatic heterocycles. The third-order valence-corrected chi connectivity index (χ3v) is 1.95. The van der Waals surface area contributed by atoms with Gasteiger partial charge in [0.1, 0.15) is 0 Å². The molecule has 0 unspecified atom stereocenters. The van der Waals surface area contributed by atoms with Crippen molar-refractivity contribution in [1.29, 1.82) is 5.26 Å². The van der Waals surface area contributed by atoms with Gasteiger partial charge in [0.25, 0.3) is 0 Å². The van der Waals surface area contributed by atoms with Gasteiger partial charge in [-0.25, -0.2) is 0 Å². The van der Waals surface area contributed by atoms with Gasteiger partial charge in [-0.3, -0.25) is 0 Å². The second-order valence-electron chi connectivity index (χ2n) is 3.11. The highest BCUT2D eigenvalue weighted by Crippen LogP contribution is 2.15. The van der Waals surface area contributed by atoms with Gasteiger partial charge in [0, 0.05) is 7.11 Å². The van der Waals surface area contributed by atoms with E-state index in [2.05, 4.69) is 0 Å². The van der Waals surface area contributed by atoms with Crippen LogP contribution in [0.4, 0.5) is 0 Å². The zero-order valence-electron chi connectivity index (χ0n) is 8.77. The standard InChI is InChI=1S/C12H11NO3/c1-16-8-11(6-12(14)15)10-4-2-3-9(5-10)7-13/h2-6H,8H2,1H3,(H,14,15)/p-1/b11-6-. The zero-order chi connectivity index (χ0) is 12.0. The number of nitrogens with zero attached hydrogens (tertiary/aromatic N) is 1. The van der Waals surface area contributed by atoms with Crippen LogP contribution in [0.1, 0.15) is 11.1 Å². The quantitative estimate of drug-likeness (QED) is 0.680. The number of nitriles is 1.